The highest BCUT2D eigenvalue weighted by Crippen LogP contribution is 2.36. The second-order valence-electron chi connectivity index (χ2n) is 5.85. The predicted molar refractivity (Wildman–Crippen MR) is 107 cm³/mol. The summed E-state index contributed by atoms with van der Waals surface area (Å²) in [4.78, 5) is 9.61. The maximum absolute atomic E-state index is 9.82. The number of phenols is 1. The van der Waals surface area contributed by atoms with Gasteiger partial charge in [0.25, 0.3) is 0 Å². The monoisotopic (exact) mass is 360 g/mol. The molecule has 0 fully saturated rings. The zero-order valence-corrected chi connectivity index (χ0v) is 14.9. The maximum Gasteiger partial charge on any atom is 0.159 e. The van der Waals surface area contributed by atoms with Gasteiger partial charge in [-0.3, -0.25) is 5.43 Å². The summed E-state index contributed by atoms with van der Waals surface area (Å²) in [5.41, 5.74) is 7.03. The largest absolute Gasteiger partial charge is 0.507 e. The molecule has 0 radical (unpaired) electrons. The molecule has 0 amide bonds. The number of para-hydroxylation sites is 1. The number of aryl methyl sites for hydroxylation is 1. The van der Waals surface area contributed by atoms with Crippen LogP contribution in [0.1, 0.15) is 11.1 Å². The number of fused-ring (bicyclic) bond motifs is 1. The van der Waals surface area contributed by atoms with Crippen molar-refractivity contribution in [2.24, 2.45) is 5.10 Å². The molecule has 0 aliphatic rings. The van der Waals surface area contributed by atoms with Gasteiger partial charge in [0.2, 0.25) is 0 Å². The molecular formula is C20H16N4OS. The molecule has 4 aromatic rings. The molecule has 0 atom stereocenters. The van der Waals surface area contributed by atoms with Gasteiger partial charge >= 0.3 is 0 Å². The van der Waals surface area contributed by atoms with Gasteiger partial charge in [-0.15, -0.1) is 11.3 Å². The Balaban J connectivity index is 1.70. The van der Waals surface area contributed by atoms with Crippen LogP contribution in [0, 0.1) is 6.92 Å². The number of thiophene rings is 1. The second-order valence-corrected chi connectivity index (χ2v) is 6.70. The number of nitrogens with one attached hydrogen (secondary N) is 1. The molecule has 2 aromatic carbocycles. The van der Waals surface area contributed by atoms with Crippen LogP contribution < -0.4 is 5.43 Å². The number of anilines is 1. The summed E-state index contributed by atoms with van der Waals surface area (Å²) < 4.78 is 0. The van der Waals surface area contributed by atoms with Crippen molar-refractivity contribution in [3.05, 3.63) is 71.4 Å². The van der Waals surface area contributed by atoms with Crippen molar-refractivity contribution < 1.29 is 5.11 Å². The van der Waals surface area contributed by atoms with E-state index in [4.69, 9.17) is 0 Å². The first kappa shape index (κ1) is 16.2. The fourth-order valence-electron chi connectivity index (χ4n) is 2.67. The molecule has 0 spiro atoms. The first-order valence-corrected chi connectivity index (χ1v) is 8.96. The minimum Gasteiger partial charge on any atom is -0.507 e. The summed E-state index contributed by atoms with van der Waals surface area (Å²) in [6.45, 7) is 2.07. The number of aromatic nitrogens is 2. The highest BCUT2D eigenvalue weighted by molar-refractivity contribution is 7.17. The third-order valence-electron chi connectivity index (χ3n) is 4.04. The Morgan fingerprint density at radius 3 is 2.69 bits per heavy atom. The molecule has 0 aliphatic heterocycles. The number of hydrazone groups is 1. The zero-order valence-electron chi connectivity index (χ0n) is 14.0. The van der Waals surface area contributed by atoms with Crippen molar-refractivity contribution in [1.29, 1.82) is 0 Å². The number of aromatic hydroxyl groups is 1. The molecule has 0 saturated heterocycles. The van der Waals surface area contributed by atoms with E-state index in [1.54, 1.807) is 35.8 Å². The van der Waals surface area contributed by atoms with Crippen LogP contribution in [0.4, 0.5) is 5.82 Å². The number of hydrogen-bond donors (Lipinski definition) is 2. The van der Waals surface area contributed by atoms with E-state index < -0.39 is 0 Å². The first-order chi connectivity index (χ1) is 12.7. The summed E-state index contributed by atoms with van der Waals surface area (Å²) >= 11 is 1.58. The van der Waals surface area contributed by atoms with Crippen LogP contribution in [0.5, 0.6) is 5.75 Å². The van der Waals surface area contributed by atoms with Gasteiger partial charge in [0, 0.05) is 16.5 Å². The SMILES string of the molecule is Cc1ccc(-c2csc3ncnc(N/N=C/c4ccccc4O)c23)cc1. The molecule has 5 nitrogen and oxygen atoms in total. The van der Waals surface area contributed by atoms with E-state index in [9.17, 15) is 5.11 Å². The molecule has 0 unspecified atom stereocenters. The highest BCUT2D eigenvalue weighted by Gasteiger charge is 2.12. The Morgan fingerprint density at radius 1 is 1.08 bits per heavy atom. The van der Waals surface area contributed by atoms with Gasteiger partial charge in [-0.05, 0) is 24.6 Å². The fraction of sp³-hybridized carbons (Fsp3) is 0.0500. The number of nitrogens with zero attached hydrogens (tertiary/aromatic N) is 3. The molecule has 2 N–H and O–H groups in total. The van der Waals surface area contributed by atoms with Crippen LogP contribution in [-0.4, -0.2) is 21.3 Å². The summed E-state index contributed by atoms with van der Waals surface area (Å²) in [5, 5.41) is 17.1. The van der Waals surface area contributed by atoms with Crippen molar-refractivity contribution in [3.63, 3.8) is 0 Å². The molecule has 26 heavy (non-hydrogen) atoms. The molecule has 2 aromatic heterocycles. The third-order valence-corrected chi connectivity index (χ3v) is 4.93. The normalized spacial score (nSPS) is 11.3. The van der Waals surface area contributed by atoms with E-state index in [-0.39, 0.29) is 5.75 Å². The summed E-state index contributed by atoms with van der Waals surface area (Å²) in [6, 6.07) is 15.4. The maximum atomic E-state index is 9.82. The van der Waals surface area contributed by atoms with E-state index in [0.717, 1.165) is 21.3 Å². The van der Waals surface area contributed by atoms with Crippen LogP contribution in [0.25, 0.3) is 21.3 Å². The van der Waals surface area contributed by atoms with Crippen molar-refractivity contribution in [1.82, 2.24) is 9.97 Å². The predicted octanol–water partition coefficient (Wildman–Crippen LogP) is 4.82. The third kappa shape index (κ3) is 3.14. The Kier molecular flexibility index (Phi) is 4.33. The molecular weight excluding hydrogens is 344 g/mol. The minimum atomic E-state index is 0.182. The minimum absolute atomic E-state index is 0.182. The van der Waals surface area contributed by atoms with Crippen LogP contribution in [0.3, 0.4) is 0 Å². The van der Waals surface area contributed by atoms with E-state index >= 15 is 0 Å². The standard InChI is InChI=1S/C20H16N4OS/c1-13-6-8-14(9-7-13)16-11-26-20-18(16)19(21-12-22-20)24-23-10-15-4-2-3-5-17(15)25/h2-12,25H,1H3,(H,21,22,24)/b23-10+. The summed E-state index contributed by atoms with van der Waals surface area (Å²) in [5.74, 6) is 0.820. The van der Waals surface area contributed by atoms with Crippen LogP contribution in [0.2, 0.25) is 0 Å². The molecule has 0 saturated carbocycles. The number of hydrogen-bond acceptors (Lipinski definition) is 6. The van der Waals surface area contributed by atoms with Crippen molar-refractivity contribution in [2.45, 2.75) is 6.92 Å². The average molecular weight is 360 g/mol. The molecule has 0 aliphatic carbocycles. The summed E-state index contributed by atoms with van der Waals surface area (Å²) in [6.07, 6.45) is 3.09. The van der Waals surface area contributed by atoms with Crippen LogP contribution >= 0.6 is 11.3 Å². The zero-order chi connectivity index (χ0) is 17.9. The van der Waals surface area contributed by atoms with Crippen molar-refractivity contribution >= 4 is 33.6 Å². The quantitative estimate of drug-likeness (QED) is 0.404. The number of benzene rings is 2. The fourth-order valence-corrected chi connectivity index (χ4v) is 3.58. The Hall–Kier alpha value is -3.25. The number of rotatable bonds is 4. The molecule has 128 valence electrons. The lowest BCUT2D eigenvalue weighted by atomic mass is 10.0. The molecule has 2 heterocycles. The average Bonchev–Trinajstić information content (AvgIpc) is 3.09. The Labute approximate surface area is 154 Å². The lowest BCUT2D eigenvalue weighted by molar-refractivity contribution is 0.474. The Morgan fingerprint density at radius 2 is 1.88 bits per heavy atom. The van der Waals surface area contributed by atoms with Crippen molar-refractivity contribution in [2.75, 3.05) is 5.43 Å². The topological polar surface area (TPSA) is 70.4 Å². The van der Waals surface area contributed by atoms with Crippen molar-refractivity contribution in [3.8, 4) is 16.9 Å². The van der Waals surface area contributed by atoms with Gasteiger partial charge in [-0.25, -0.2) is 9.97 Å². The van der Waals surface area contributed by atoms with E-state index in [1.165, 1.54) is 11.9 Å². The van der Waals surface area contributed by atoms with Crippen LogP contribution in [-0.2, 0) is 0 Å². The lowest BCUT2D eigenvalue weighted by Gasteiger charge is -2.05. The highest BCUT2D eigenvalue weighted by atomic mass is 32.1. The van der Waals surface area contributed by atoms with Gasteiger partial charge in [0.1, 0.15) is 16.9 Å². The smallest absolute Gasteiger partial charge is 0.159 e. The first-order valence-electron chi connectivity index (χ1n) is 8.08. The van der Waals surface area contributed by atoms with Gasteiger partial charge in [-0.2, -0.15) is 5.10 Å². The van der Waals surface area contributed by atoms with Crippen LogP contribution in [0.15, 0.2) is 65.3 Å². The molecule has 6 heteroatoms. The van der Waals surface area contributed by atoms with E-state index in [2.05, 4.69) is 57.1 Å². The lowest BCUT2D eigenvalue weighted by Crippen LogP contribution is -1.95. The van der Waals surface area contributed by atoms with Gasteiger partial charge in [0.05, 0.1) is 11.6 Å². The summed E-state index contributed by atoms with van der Waals surface area (Å²) in [7, 11) is 0. The Bertz CT molecular complexity index is 1090. The van der Waals surface area contributed by atoms with E-state index in [1.807, 2.05) is 6.07 Å². The number of phenolic OH excluding ortho intramolecular Hbond substituents is 1. The van der Waals surface area contributed by atoms with Gasteiger partial charge < -0.3 is 5.11 Å². The van der Waals surface area contributed by atoms with E-state index in [0.29, 0.717) is 11.4 Å². The molecule has 0 bridgehead atoms. The van der Waals surface area contributed by atoms with Gasteiger partial charge in [0.15, 0.2) is 5.82 Å². The second kappa shape index (κ2) is 6.93. The molecule has 4 rings (SSSR count). The van der Waals surface area contributed by atoms with Gasteiger partial charge in [-0.1, -0.05) is 42.0 Å².